The van der Waals surface area contributed by atoms with E-state index in [9.17, 15) is 0 Å². The van der Waals surface area contributed by atoms with Gasteiger partial charge in [-0.3, -0.25) is 0 Å². The summed E-state index contributed by atoms with van der Waals surface area (Å²) >= 11 is 0. The van der Waals surface area contributed by atoms with E-state index < -0.39 is 0 Å². The maximum Gasteiger partial charge on any atom is 0.0625 e. The molecule has 1 aromatic rings. The minimum Gasteiger partial charge on any atom is -0.380 e. The van der Waals surface area contributed by atoms with Gasteiger partial charge in [-0.25, -0.2) is 0 Å². The van der Waals surface area contributed by atoms with E-state index in [0.717, 1.165) is 26.1 Å². The molecule has 0 saturated heterocycles. The molecule has 0 radical (unpaired) electrons. The average Bonchev–Trinajstić information content (AvgIpc) is 2.39. The van der Waals surface area contributed by atoms with E-state index in [1.54, 1.807) is 0 Å². The van der Waals surface area contributed by atoms with Gasteiger partial charge in [0.1, 0.15) is 0 Å². The predicted octanol–water partition coefficient (Wildman–Crippen LogP) is 3.19. The topological polar surface area (TPSA) is 21.3 Å². The molecule has 0 heterocycles. The highest BCUT2D eigenvalue weighted by Gasteiger charge is 2.19. The Balaban J connectivity index is 2.63. The number of nitrogens with one attached hydrogen (secondary N) is 1. The van der Waals surface area contributed by atoms with Crippen LogP contribution >= 0.6 is 0 Å². The Bertz CT molecular complexity index is 286. The van der Waals surface area contributed by atoms with Gasteiger partial charge in [-0.2, -0.15) is 0 Å². The van der Waals surface area contributed by atoms with Crippen LogP contribution in [0.15, 0.2) is 30.3 Å². The lowest BCUT2D eigenvalue weighted by atomic mass is 9.89. The highest BCUT2D eigenvalue weighted by atomic mass is 16.5. The van der Waals surface area contributed by atoms with Gasteiger partial charge in [0, 0.05) is 18.6 Å². The molecule has 1 N–H and O–H groups in total. The summed E-state index contributed by atoms with van der Waals surface area (Å²) in [5.41, 5.74) is 1.40. The standard InChI is InChI=1S/C15H25NO/c1-4-11-17-12-15(16-3)14(5-2)13-9-7-6-8-10-13/h6-10,14-16H,4-5,11-12H2,1-3H3. The third-order valence-electron chi connectivity index (χ3n) is 3.17. The molecule has 0 aliphatic rings. The number of hydrogen-bond donors (Lipinski definition) is 1. The van der Waals surface area contributed by atoms with E-state index in [0.29, 0.717) is 12.0 Å². The van der Waals surface area contributed by atoms with Gasteiger partial charge in [-0.05, 0) is 25.5 Å². The van der Waals surface area contributed by atoms with Crippen LogP contribution in [0, 0.1) is 0 Å². The van der Waals surface area contributed by atoms with Crippen molar-refractivity contribution >= 4 is 0 Å². The Hall–Kier alpha value is -0.860. The van der Waals surface area contributed by atoms with E-state index in [2.05, 4.69) is 49.5 Å². The van der Waals surface area contributed by atoms with Gasteiger partial charge in [-0.1, -0.05) is 44.2 Å². The first-order valence-corrected chi connectivity index (χ1v) is 6.63. The molecule has 0 aliphatic heterocycles. The molecule has 0 amide bonds. The lowest BCUT2D eigenvalue weighted by molar-refractivity contribution is 0.105. The fraction of sp³-hybridized carbons (Fsp3) is 0.600. The fourth-order valence-corrected chi connectivity index (χ4v) is 2.21. The molecule has 0 spiro atoms. The summed E-state index contributed by atoms with van der Waals surface area (Å²) in [6.45, 7) is 6.02. The van der Waals surface area contributed by atoms with Crippen LogP contribution in [0.3, 0.4) is 0 Å². The maximum atomic E-state index is 5.68. The minimum absolute atomic E-state index is 0.397. The zero-order valence-electron chi connectivity index (χ0n) is 11.3. The molecule has 0 aromatic heterocycles. The third-order valence-corrected chi connectivity index (χ3v) is 3.17. The number of likely N-dealkylation sites (N-methyl/N-ethyl adjacent to an activating group) is 1. The van der Waals surface area contributed by atoms with Crippen molar-refractivity contribution in [2.45, 2.75) is 38.6 Å². The molecule has 1 aromatic carbocycles. The molecule has 2 nitrogen and oxygen atoms in total. The Morgan fingerprint density at radius 2 is 1.88 bits per heavy atom. The van der Waals surface area contributed by atoms with Crippen molar-refractivity contribution in [3.8, 4) is 0 Å². The van der Waals surface area contributed by atoms with Gasteiger partial charge in [0.05, 0.1) is 6.61 Å². The maximum absolute atomic E-state index is 5.68. The third kappa shape index (κ3) is 4.49. The second kappa shape index (κ2) is 8.26. The lowest BCUT2D eigenvalue weighted by Crippen LogP contribution is -2.36. The summed E-state index contributed by atoms with van der Waals surface area (Å²) in [6, 6.07) is 11.1. The summed E-state index contributed by atoms with van der Waals surface area (Å²) in [5.74, 6) is 0.526. The molecule has 2 unspecified atom stereocenters. The van der Waals surface area contributed by atoms with Crippen molar-refractivity contribution in [2.75, 3.05) is 20.3 Å². The summed E-state index contributed by atoms with van der Waals surface area (Å²) in [5, 5.41) is 3.39. The van der Waals surface area contributed by atoms with Gasteiger partial charge in [0.25, 0.3) is 0 Å². The fourth-order valence-electron chi connectivity index (χ4n) is 2.21. The lowest BCUT2D eigenvalue weighted by Gasteiger charge is -2.26. The van der Waals surface area contributed by atoms with Gasteiger partial charge in [0.15, 0.2) is 0 Å². The smallest absolute Gasteiger partial charge is 0.0625 e. The van der Waals surface area contributed by atoms with Crippen molar-refractivity contribution in [3.05, 3.63) is 35.9 Å². The number of rotatable bonds is 8. The van der Waals surface area contributed by atoms with Crippen LogP contribution < -0.4 is 5.32 Å². The normalized spacial score (nSPS) is 14.5. The van der Waals surface area contributed by atoms with Crippen LogP contribution in [0.25, 0.3) is 0 Å². The Morgan fingerprint density at radius 1 is 1.18 bits per heavy atom. The van der Waals surface area contributed by atoms with Crippen molar-refractivity contribution in [2.24, 2.45) is 0 Å². The molecular formula is C15H25NO. The summed E-state index contributed by atoms with van der Waals surface area (Å²) in [4.78, 5) is 0. The van der Waals surface area contributed by atoms with Crippen LogP contribution in [0.2, 0.25) is 0 Å². The average molecular weight is 235 g/mol. The zero-order valence-corrected chi connectivity index (χ0v) is 11.3. The largest absolute Gasteiger partial charge is 0.380 e. The summed E-state index contributed by atoms with van der Waals surface area (Å²) in [7, 11) is 2.02. The van der Waals surface area contributed by atoms with Crippen LogP contribution in [-0.2, 0) is 4.74 Å². The zero-order chi connectivity index (χ0) is 12.5. The van der Waals surface area contributed by atoms with Crippen molar-refractivity contribution in [1.82, 2.24) is 5.32 Å². The molecule has 17 heavy (non-hydrogen) atoms. The Kier molecular flexibility index (Phi) is 6.90. The van der Waals surface area contributed by atoms with E-state index in [1.807, 2.05) is 7.05 Å². The van der Waals surface area contributed by atoms with Crippen LogP contribution in [0.1, 0.15) is 38.2 Å². The molecule has 2 atom stereocenters. The quantitative estimate of drug-likeness (QED) is 0.699. The molecule has 0 bridgehead atoms. The number of hydrogen-bond acceptors (Lipinski definition) is 2. The van der Waals surface area contributed by atoms with Gasteiger partial charge in [0.2, 0.25) is 0 Å². The monoisotopic (exact) mass is 235 g/mol. The van der Waals surface area contributed by atoms with E-state index in [-0.39, 0.29) is 0 Å². The Labute approximate surface area is 105 Å². The predicted molar refractivity (Wildman–Crippen MR) is 73.4 cm³/mol. The minimum atomic E-state index is 0.397. The molecule has 0 saturated carbocycles. The van der Waals surface area contributed by atoms with E-state index >= 15 is 0 Å². The molecule has 0 fully saturated rings. The molecule has 1 rings (SSSR count). The van der Waals surface area contributed by atoms with Crippen molar-refractivity contribution in [1.29, 1.82) is 0 Å². The molecular weight excluding hydrogens is 210 g/mol. The van der Waals surface area contributed by atoms with E-state index in [1.165, 1.54) is 5.56 Å². The highest BCUT2D eigenvalue weighted by molar-refractivity contribution is 5.21. The Morgan fingerprint density at radius 3 is 2.41 bits per heavy atom. The van der Waals surface area contributed by atoms with Gasteiger partial charge >= 0.3 is 0 Å². The summed E-state index contributed by atoms with van der Waals surface area (Å²) < 4.78 is 5.68. The number of benzene rings is 1. The first-order valence-electron chi connectivity index (χ1n) is 6.63. The highest BCUT2D eigenvalue weighted by Crippen LogP contribution is 2.23. The van der Waals surface area contributed by atoms with Crippen molar-refractivity contribution in [3.63, 3.8) is 0 Å². The molecule has 2 heteroatoms. The second-order valence-electron chi connectivity index (χ2n) is 4.40. The molecule has 0 aliphatic carbocycles. The summed E-state index contributed by atoms with van der Waals surface area (Å²) in [6.07, 6.45) is 2.21. The first kappa shape index (κ1) is 14.2. The van der Waals surface area contributed by atoms with Crippen LogP contribution in [0.4, 0.5) is 0 Å². The van der Waals surface area contributed by atoms with Gasteiger partial charge < -0.3 is 10.1 Å². The van der Waals surface area contributed by atoms with E-state index in [4.69, 9.17) is 4.74 Å². The first-order chi connectivity index (χ1) is 8.33. The van der Waals surface area contributed by atoms with Crippen molar-refractivity contribution < 1.29 is 4.74 Å². The second-order valence-corrected chi connectivity index (χ2v) is 4.40. The number of ether oxygens (including phenoxy) is 1. The van der Waals surface area contributed by atoms with Crippen LogP contribution in [0.5, 0.6) is 0 Å². The molecule has 96 valence electrons. The van der Waals surface area contributed by atoms with Gasteiger partial charge in [-0.15, -0.1) is 0 Å². The van der Waals surface area contributed by atoms with Crippen LogP contribution in [-0.4, -0.2) is 26.3 Å². The SMILES string of the molecule is CCCOCC(NC)C(CC)c1ccccc1.